The van der Waals surface area contributed by atoms with E-state index in [0.29, 0.717) is 6.07 Å². The second-order valence-corrected chi connectivity index (χ2v) is 6.18. The van der Waals surface area contributed by atoms with Crippen molar-refractivity contribution in [3.05, 3.63) is 47.3 Å². The van der Waals surface area contributed by atoms with Crippen LogP contribution in [0.4, 0.5) is 17.6 Å². The summed E-state index contributed by atoms with van der Waals surface area (Å²) < 4.78 is 55.5. The maximum Gasteiger partial charge on any atom is 0.273 e. The molecule has 1 unspecified atom stereocenters. The Hall–Kier alpha value is -2.98. The standard InChI is InChI=1S/C16H15F4N5O2/c1-21-14(26)13-7-24(23-22-13)6-10-5-16(19,20)8-25(10)15(27)9-2-3-11(17)12(18)4-9/h2-4,7,10H,5-6,8H2,1H3,(H,21,26). The highest BCUT2D eigenvalue weighted by molar-refractivity contribution is 5.94. The van der Waals surface area contributed by atoms with Gasteiger partial charge in [-0.2, -0.15) is 0 Å². The molecule has 1 saturated heterocycles. The normalized spacial score (nSPS) is 18.6. The predicted octanol–water partition coefficient (Wildman–Crippen LogP) is 1.47. The maximum atomic E-state index is 13.9. The average Bonchev–Trinajstić information content (AvgIpc) is 3.20. The van der Waals surface area contributed by atoms with Gasteiger partial charge in [-0.15, -0.1) is 5.10 Å². The number of benzene rings is 1. The van der Waals surface area contributed by atoms with Crippen molar-refractivity contribution in [3.63, 3.8) is 0 Å². The van der Waals surface area contributed by atoms with Crippen LogP contribution in [0.2, 0.25) is 0 Å². The molecule has 1 fully saturated rings. The number of likely N-dealkylation sites (tertiary alicyclic amines) is 1. The smallest absolute Gasteiger partial charge is 0.273 e. The molecule has 3 rings (SSSR count). The summed E-state index contributed by atoms with van der Waals surface area (Å²) in [6.07, 6.45) is 0.646. The lowest BCUT2D eigenvalue weighted by Gasteiger charge is -2.23. The summed E-state index contributed by atoms with van der Waals surface area (Å²) in [6, 6.07) is 1.51. The first-order valence-electron chi connectivity index (χ1n) is 7.96. The Kier molecular flexibility index (Phi) is 4.85. The van der Waals surface area contributed by atoms with Gasteiger partial charge in [0.2, 0.25) is 0 Å². The summed E-state index contributed by atoms with van der Waals surface area (Å²) in [5, 5.41) is 9.69. The highest BCUT2D eigenvalue weighted by Crippen LogP contribution is 2.34. The lowest BCUT2D eigenvalue weighted by molar-refractivity contribution is 0.0117. The third-order valence-corrected chi connectivity index (χ3v) is 4.20. The average molecular weight is 385 g/mol. The molecule has 0 bridgehead atoms. The van der Waals surface area contributed by atoms with E-state index in [2.05, 4.69) is 15.6 Å². The number of nitrogens with zero attached hydrogens (tertiary/aromatic N) is 4. The van der Waals surface area contributed by atoms with Crippen molar-refractivity contribution in [3.8, 4) is 0 Å². The van der Waals surface area contributed by atoms with E-state index in [9.17, 15) is 27.2 Å². The van der Waals surface area contributed by atoms with Gasteiger partial charge in [0.15, 0.2) is 17.3 Å². The Morgan fingerprint density at radius 3 is 2.70 bits per heavy atom. The van der Waals surface area contributed by atoms with Crippen LogP contribution in [0.3, 0.4) is 0 Å². The summed E-state index contributed by atoms with van der Waals surface area (Å²) in [5.74, 6) is -6.85. The number of rotatable bonds is 4. The second-order valence-electron chi connectivity index (χ2n) is 6.18. The summed E-state index contributed by atoms with van der Waals surface area (Å²) in [5.41, 5.74) is -0.234. The zero-order valence-electron chi connectivity index (χ0n) is 14.1. The molecular weight excluding hydrogens is 370 g/mol. The molecule has 27 heavy (non-hydrogen) atoms. The van der Waals surface area contributed by atoms with Gasteiger partial charge in [0.25, 0.3) is 17.7 Å². The molecule has 144 valence electrons. The molecule has 0 spiro atoms. The van der Waals surface area contributed by atoms with Gasteiger partial charge in [0, 0.05) is 19.0 Å². The molecule has 1 atom stereocenters. The number of aromatic nitrogens is 3. The maximum absolute atomic E-state index is 13.9. The largest absolute Gasteiger partial charge is 0.354 e. The molecule has 1 aromatic carbocycles. The molecule has 1 aliphatic rings. The fraction of sp³-hybridized carbons (Fsp3) is 0.375. The monoisotopic (exact) mass is 385 g/mol. The van der Waals surface area contributed by atoms with E-state index in [4.69, 9.17) is 0 Å². The Balaban J connectivity index is 1.82. The van der Waals surface area contributed by atoms with E-state index >= 15 is 0 Å². The number of carbonyl (C=O) groups is 2. The van der Waals surface area contributed by atoms with Gasteiger partial charge in [-0.25, -0.2) is 22.2 Å². The van der Waals surface area contributed by atoms with Crippen LogP contribution in [0.1, 0.15) is 27.3 Å². The highest BCUT2D eigenvalue weighted by atomic mass is 19.3. The molecule has 0 saturated carbocycles. The zero-order chi connectivity index (χ0) is 19.8. The first kappa shape index (κ1) is 18.8. The van der Waals surface area contributed by atoms with E-state index in [1.165, 1.54) is 17.9 Å². The zero-order valence-corrected chi connectivity index (χ0v) is 14.1. The Morgan fingerprint density at radius 2 is 2.04 bits per heavy atom. The van der Waals surface area contributed by atoms with Crippen molar-refractivity contribution in [2.45, 2.75) is 24.9 Å². The minimum atomic E-state index is -3.14. The minimum absolute atomic E-state index is 0.000685. The van der Waals surface area contributed by atoms with Crippen LogP contribution >= 0.6 is 0 Å². The van der Waals surface area contributed by atoms with E-state index in [1.807, 2.05) is 0 Å². The molecule has 11 heteroatoms. The van der Waals surface area contributed by atoms with Gasteiger partial charge in [0.1, 0.15) is 0 Å². The number of halogens is 4. The Morgan fingerprint density at radius 1 is 1.30 bits per heavy atom. The fourth-order valence-corrected chi connectivity index (χ4v) is 2.93. The first-order chi connectivity index (χ1) is 12.7. The summed E-state index contributed by atoms with van der Waals surface area (Å²) in [4.78, 5) is 25.0. The number of amides is 2. The van der Waals surface area contributed by atoms with Crippen molar-refractivity contribution in [2.75, 3.05) is 13.6 Å². The SMILES string of the molecule is CNC(=O)c1cn(CC2CC(F)(F)CN2C(=O)c2ccc(F)c(F)c2)nn1. The van der Waals surface area contributed by atoms with E-state index in [0.717, 1.165) is 17.0 Å². The van der Waals surface area contributed by atoms with Crippen molar-refractivity contribution < 1.29 is 27.2 Å². The molecule has 0 radical (unpaired) electrons. The lowest BCUT2D eigenvalue weighted by Crippen LogP contribution is -2.39. The molecule has 1 aromatic heterocycles. The van der Waals surface area contributed by atoms with Crippen LogP contribution in [0.5, 0.6) is 0 Å². The molecule has 2 heterocycles. The molecule has 2 aromatic rings. The quantitative estimate of drug-likeness (QED) is 0.809. The third kappa shape index (κ3) is 3.91. The van der Waals surface area contributed by atoms with Crippen molar-refractivity contribution in [1.82, 2.24) is 25.2 Å². The van der Waals surface area contributed by atoms with Crippen molar-refractivity contribution >= 4 is 11.8 Å². The minimum Gasteiger partial charge on any atom is -0.354 e. The summed E-state index contributed by atoms with van der Waals surface area (Å²) >= 11 is 0. The summed E-state index contributed by atoms with van der Waals surface area (Å²) in [6.45, 7) is -0.985. The van der Waals surface area contributed by atoms with Gasteiger partial charge in [-0.1, -0.05) is 5.21 Å². The Labute approximate surface area is 150 Å². The molecule has 7 nitrogen and oxygen atoms in total. The van der Waals surface area contributed by atoms with Crippen LogP contribution in [0.25, 0.3) is 0 Å². The van der Waals surface area contributed by atoms with Crippen molar-refractivity contribution in [2.24, 2.45) is 0 Å². The van der Waals surface area contributed by atoms with Crippen LogP contribution in [-0.2, 0) is 6.54 Å². The van der Waals surface area contributed by atoms with Crippen LogP contribution in [0, 0.1) is 11.6 Å². The van der Waals surface area contributed by atoms with Gasteiger partial charge >= 0.3 is 0 Å². The van der Waals surface area contributed by atoms with Crippen molar-refractivity contribution in [1.29, 1.82) is 0 Å². The third-order valence-electron chi connectivity index (χ3n) is 4.20. The van der Waals surface area contributed by atoms with Crippen LogP contribution < -0.4 is 5.32 Å². The highest BCUT2D eigenvalue weighted by Gasteiger charge is 2.47. The fourth-order valence-electron chi connectivity index (χ4n) is 2.93. The van der Waals surface area contributed by atoms with Crippen LogP contribution in [0.15, 0.2) is 24.4 Å². The van der Waals surface area contributed by atoms with Gasteiger partial charge in [-0.05, 0) is 18.2 Å². The first-order valence-corrected chi connectivity index (χ1v) is 7.96. The molecule has 1 aliphatic heterocycles. The van der Waals surface area contributed by atoms with Gasteiger partial charge < -0.3 is 10.2 Å². The number of hydrogen-bond donors (Lipinski definition) is 1. The number of alkyl halides is 2. The number of hydrogen-bond acceptors (Lipinski definition) is 4. The number of carbonyl (C=O) groups excluding carboxylic acids is 2. The molecule has 1 N–H and O–H groups in total. The molecule has 2 amide bonds. The van der Waals surface area contributed by atoms with E-state index in [1.54, 1.807) is 0 Å². The molecular formula is C16H15F4N5O2. The Bertz CT molecular complexity index is 885. The van der Waals surface area contributed by atoms with Gasteiger partial charge in [0.05, 0.1) is 25.3 Å². The lowest BCUT2D eigenvalue weighted by atomic mass is 10.1. The predicted molar refractivity (Wildman–Crippen MR) is 84.2 cm³/mol. The van der Waals surface area contributed by atoms with Gasteiger partial charge in [-0.3, -0.25) is 9.59 Å². The second kappa shape index (κ2) is 6.97. The molecule has 0 aliphatic carbocycles. The number of nitrogens with one attached hydrogen (secondary N) is 1. The van der Waals surface area contributed by atoms with E-state index in [-0.39, 0.29) is 17.8 Å². The topological polar surface area (TPSA) is 80.1 Å². The van der Waals surface area contributed by atoms with Crippen LogP contribution in [-0.4, -0.2) is 57.3 Å². The summed E-state index contributed by atoms with van der Waals surface area (Å²) in [7, 11) is 1.40. The van der Waals surface area contributed by atoms with E-state index < -0.39 is 48.4 Å².